The maximum Gasteiger partial charge on any atom is 0.310 e. The van der Waals surface area contributed by atoms with Gasteiger partial charge in [-0.2, -0.15) is 0 Å². The van der Waals surface area contributed by atoms with E-state index in [0.717, 1.165) is 0 Å². The van der Waals surface area contributed by atoms with Crippen LogP contribution < -0.4 is 33.7 Å². The second-order valence-electron chi connectivity index (χ2n) is 12.1. The van der Waals surface area contributed by atoms with Gasteiger partial charge in [0.25, 0.3) is 11.6 Å². The molecule has 0 radical (unpaired) electrons. The van der Waals surface area contributed by atoms with Crippen molar-refractivity contribution >= 4 is 29.2 Å². The Hall–Kier alpha value is -6.24. The van der Waals surface area contributed by atoms with E-state index in [9.17, 15) is 19.7 Å². The molecule has 13 heteroatoms. The van der Waals surface area contributed by atoms with E-state index in [0.29, 0.717) is 56.8 Å². The summed E-state index contributed by atoms with van der Waals surface area (Å²) < 4.78 is 39.7. The molecule has 0 aromatic heterocycles. The van der Waals surface area contributed by atoms with Gasteiger partial charge in [0.2, 0.25) is 12.5 Å². The van der Waals surface area contributed by atoms with E-state index in [-0.39, 0.29) is 30.2 Å². The van der Waals surface area contributed by atoms with E-state index in [1.54, 1.807) is 54.6 Å². The van der Waals surface area contributed by atoms with Crippen molar-refractivity contribution < 1.29 is 47.7 Å². The molecule has 4 atom stereocenters. The van der Waals surface area contributed by atoms with E-state index in [2.05, 4.69) is 5.32 Å². The van der Waals surface area contributed by atoms with E-state index in [4.69, 9.17) is 33.2 Å². The van der Waals surface area contributed by atoms with Crippen molar-refractivity contribution in [2.24, 2.45) is 11.8 Å². The van der Waals surface area contributed by atoms with Gasteiger partial charge in [-0.25, -0.2) is 0 Å². The molecule has 13 nitrogen and oxygen atoms in total. The molecule has 3 aliphatic rings. The van der Waals surface area contributed by atoms with Crippen LogP contribution in [0.15, 0.2) is 72.8 Å². The number of fused-ring (bicyclic) bond motifs is 3. The van der Waals surface area contributed by atoms with Crippen LogP contribution >= 0.6 is 0 Å². The number of amides is 1. The average Bonchev–Trinajstić information content (AvgIpc) is 3.78. The third kappa shape index (κ3) is 5.79. The number of cyclic esters (lactones) is 1. The maximum absolute atomic E-state index is 14.6. The Kier molecular flexibility index (Phi) is 8.86. The summed E-state index contributed by atoms with van der Waals surface area (Å²) >= 11 is 0. The van der Waals surface area contributed by atoms with Crippen LogP contribution in [0, 0.1) is 22.0 Å². The third-order valence-corrected chi connectivity index (χ3v) is 9.59. The van der Waals surface area contributed by atoms with Crippen LogP contribution in [-0.2, 0) is 14.3 Å². The first-order chi connectivity index (χ1) is 24.8. The normalized spacial score (nSPS) is 20.1. The highest BCUT2D eigenvalue weighted by atomic mass is 16.7. The fourth-order valence-corrected chi connectivity index (χ4v) is 7.32. The Morgan fingerprint density at radius 2 is 1.49 bits per heavy atom. The van der Waals surface area contributed by atoms with Crippen molar-refractivity contribution in [1.82, 2.24) is 5.32 Å². The minimum Gasteiger partial charge on any atom is -0.496 e. The number of carbonyl (C=O) groups excluding carboxylic acids is 2. The molecule has 4 aromatic rings. The molecular formula is C38H34N2O11. The molecule has 1 amide bonds. The van der Waals surface area contributed by atoms with Crippen molar-refractivity contribution in [3.63, 3.8) is 0 Å². The summed E-state index contributed by atoms with van der Waals surface area (Å²) in [7, 11) is 6.04. The van der Waals surface area contributed by atoms with Gasteiger partial charge in [0.05, 0.1) is 63.1 Å². The van der Waals surface area contributed by atoms with E-state index < -0.39 is 40.6 Å². The minimum absolute atomic E-state index is 0.00245. The number of hydrogen-bond acceptors (Lipinski definition) is 11. The number of rotatable bonds is 10. The number of nitrogens with zero attached hydrogens (tertiary/aromatic N) is 1. The number of benzene rings is 4. The zero-order valence-corrected chi connectivity index (χ0v) is 28.2. The van der Waals surface area contributed by atoms with Gasteiger partial charge in [-0.3, -0.25) is 19.7 Å². The Labute approximate surface area is 292 Å². The van der Waals surface area contributed by atoms with Crippen LogP contribution in [0.3, 0.4) is 0 Å². The third-order valence-electron chi connectivity index (χ3n) is 9.59. The number of methoxy groups -OCH3 is 4. The summed E-state index contributed by atoms with van der Waals surface area (Å²) in [5.41, 5.74) is 2.49. The first-order valence-electron chi connectivity index (χ1n) is 16.1. The first kappa shape index (κ1) is 33.3. The van der Waals surface area contributed by atoms with E-state index in [1.807, 2.05) is 6.07 Å². The molecule has 51 heavy (non-hydrogen) atoms. The van der Waals surface area contributed by atoms with Crippen LogP contribution in [0.25, 0.3) is 11.6 Å². The molecule has 1 saturated heterocycles. The molecule has 2 aliphatic heterocycles. The molecule has 262 valence electrons. The van der Waals surface area contributed by atoms with E-state index >= 15 is 0 Å². The second kappa shape index (κ2) is 13.6. The Morgan fingerprint density at radius 3 is 2.16 bits per heavy atom. The number of esters is 1. The van der Waals surface area contributed by atoms with Gasteiger partial charge in [0, 0.05) is 23.5 Å². The number of para-hydroxylation sites is 2. The smallest absolute Gasteiger partial charge is 0.310 e. The topological polar surface area (TPSA) is 154 Å². The van der Waals surface area contributed by atoms with Crippen molar-refractivity contribution in [1.29, 1.82) is 0 Å². The van der Waals surface area contributed by atoms with Crippen LogP contribution in [-0.4, -0.2) is 58.6 Å². The summed E-state index contributed by atoms with van der Waals surface area (Å²) in [5, 5.41) is 15.3. The lowest BCUT2D eigenvalue weighted by Crippen LogP contribution is -2.43. The zero-order chi connectivity index (χ0) is 35.8. The quantitative estimate of drug-likeness (QED) is 0.0716. The molecular weight excluding hydrogens is 660 g/mol. The maximum atomic E-state index is 14.6. The molecule has 1 fully saturated rings. The second-order valence-corrected chi connectivity index (χ2v) is 12.1. The van der Waals surface area contributed by atoms with E-state index in [1.165, 1.54) is 46.6 Å². The van der Waals surface area contributed by atoms with Crippen LogP contribution in [0.5, 0.6) is 34.5 Å². The monoisotopic (exact) mass is 694 g/mol. The number of nitrogens with one attached hydrogen (secondary N) is 1. The van der Waals surface area contributed by atoms with Gasteiger partial charge in [0.15, 0.2) is 23.0 Å². The summed E-state index contributed by atoms with van der Waals surface area (Å²) in [6, 6.07) is 19.5. The fourth-order valence-electron chi connectivity index (χ4n) is 7.32. The standard InChI is InChI=1S/C38H34N2O11/c1-45-28-12-8-5-9-20(28)13-25(22-10-6-7-11-27(22)40(43)44)37(41)39-35-24-17-30-29(50-19-51-30)16-23(24)33(34-26(35)18-49-38(34)42)21-14-31(46-2)36(48-4)32(15-21)47-3/h5-17,26,33-35H,18-19H2,1-4H3,(H,39,41)/b25-13+/t26-,33+,34-,35+/m0/s1. The number of hydrogen-bond donors (Lipinski definition) is 1. The van der Waals surface area contributed by atoms with Gasteiger partial charge in [-0.05, 0) is 59.2 Å². The van der Waals surface area contributed by atoms with Crippen molar-refractivity contribution in [3.8, 4) is 34.5 Å². The van der Waals surface area contributed by atoms with Crippen molar-refractivity contribution in [3.05, 3.63) is 111 Å². The van der Waals surface area contributed by atoms with Crippen LogP contribution in [0.1, 0.15) is 39.8 Å². The van der Waals surface area contributed by atoms with Gasteiger partial charge in [0.1, 0.15) is 5.75 Å². The summed E-state index contributed by atoms with van der Waals surface area (Å²) in [4.78, 5) is 40.0. The molecule has 0 saturated carbocycles. The first-order valence-corrected chi connectivity index (χ1v) is 16.1. The number of ether oxygens (including phenoxy) is 7. The lowest BCUT2D eigenvalue weighted by Gasteiger charge is -2.39. The summed E-state index contributed by atoms with van der Waals surface area (Å²) in [5.74, 6) is -0.276. The highest BCUT2D eigenvalue weighted by Crippen LogP contribution is 2.55. The zero-order valence-electron chi connectivity index (χ0n) is 28.2. The highest BCUT2D eigenvalue weighted by Gasteiger charge is 2.53. The number of nitro groups is 1. The van der Waals surface area contributed by atoms with Gasteiger partial charge >= 0.3 is 5.97 Å². The lowest BCUT2D eigenvalue weighted by atomic mass is 9.65. The van der Waals surface area contributed by atoms with Crippen LogP contribution in [0.4, 0.5) is 5.69 Å². The minimum atomic E-state index is -0.777. The van der Waals surface area contributed by atoms with Crippen LogP contribution in [0.2, 0.25) is 0 Å². The molecule has 0 bridgehead atoms. The van der Waals surface area contributed by atoms with Crippen molar-refractivity contribution in [2.45, 2.75) is 12.0 Å². The Morgan fingerprint density at radius 1 is 0.843 bits per heavy atom. The van der Waals surface area contributed by atoms with Crippen molar-refractivity contribution in [2.75, 3.05) is 41.8 Å². The van der Waals surface area contributed by atoms with Gasteiger partial charge in [-0.15, -0.1) is 0 Å². The largest absolute Gasteiger partial charge is 0.496 e. The Balaban J connectivity index is 1.39. The fraction of sp³-hybridized carbons (Fsp3) is 0.263. The predicted octanol–water partition coefficient (Wildman–Crippen LogP) is 5.69. The molecule has 0 unspecified atom stereocenters. The molecule has 2 heterocycles. The highest BCUT2D eigenvalue weighted by molar-refractivity contribution is 6.25. The molecule has 0 spiro atoms. The molecule has 7 rings (SSSR count). The number of nitro benzene ring substituents is 1. The van der Waals surface area contributed by atoms with Gasteiger partial charge in [-0.1, -0.05) is 30.3 Å². The average molecular weight is 695 g/mol. The van der Waals surface area contributed by atoms with Gasteiger partial charge < -0.3 is 38.5 Å². The molecule has 4 aromatic carbocycles. The molecule has 1 N–H and O–H groups in total. The molecule has 1 aliphatic carbocycles. The summed E-state index contributed by atoms with van der Waals surface area (Å²) in [6.07, 6.45) is 1.56. The Bertz CT molecular complexity index is 2050. The SMILES string of the molecule is COc1ccccc1/C=C(/C(=O)N[C@@H]1c2cc3c(cc2[C@@H](c2cc(OC)c(OC)c(OC)c2)[C@H]2C(=O)OC[C@@H]21)OCO3)c1ccccc1[N+](=O)[O-]. The predicted molar refractivity (Wildman–Crippen MR) is 183 cm³/mol. The number of carbonyl (C=O) groups is 2. The summed E-state index contributed by atoms with van der Waals surface area (Å²) in [6.45, 7) is 0.0166. The lowest BCUT2D eigenvalue weighted by molar-refractivity contribution is -0.385.